The highest BCUT2D eigenvalue weighted by Gasteiger charge is 2.22. The molecule has 5 nitrogen and oxygen atoms in total. The molecule has 1 amide bonds. The zero-order valence-electron chi connectivity index (χ0n) is 14.6. The van der Waals surface area contributed by atoms with Gasteiger partial charge < -0.3 is 10.6 Å². The average Bonchev–Trinajstić information content (AvgIpc) is 2.94. The number of nitrogens with zero attached hydrogens (tertiary/aromatic N) is 3. The van der Waals surface area contributed by atoms with Crippen molar-refractivity contribution in [3.05, 3.63) is 54.7 Å². The Balaban J connectivity index is 1.60. The summed E-state index contributed by atoms with van der Waals surface area (Å²) in [7, 11) is 0. The van der Waals surface area contributed by atoms with E-state index in [9.17, 15) is 4.79 Å². The molecular weight excluding hydrogens is 324 g/mol. The van der Waals surface area contributed by atoms with Crippen molar-refractivity contribution in [2.45, 2.75) is 19.3 Å². The van der Waals surface area contributed by atoms with Crippen molar-refractivity contribution in [2.24, 2.45) is 11.7 Å². The maximum atomic E-state index is 11.5. The summed E-state index contributed by atoms with van der Waals surface area (Å²) in [6, 6.07) is 16.6. The van der Waals surface area contributed by atoms with Gasteiger partial charge in [-0.2, -0.15) is 0 Å². The Labute approximate surface area is 152 Å². The normalized spacial score (nSPS) is 17.8. The number of anilines is 1. The van der Waals surface area contributed by atoms with Crippen molar-refractivity contribution in [1.82, 2.24) is 9.97 Å². The highest BCUT2D eigenvalue weighted by molar-refractivity contribution is 5.86. The lowest BCUT2D eigenvalue weighted by Gasteiger charge is -2.20. The van der Waals surface area contributed by atoms with Gasteiger partial charge in [-0.3, -0.25) is 4.79 Å². The smallest absolute Gasteiger partial charge is 0.225 e. The summed E-state index contributed by atoms with van der Waals surface area (Å²) in [6.45, 7) is 1.61. The van der Waals surface area contributed by atoms with E-state index in [1.807, 2.05) is 24.4 Å². The van der Waals surface area contributed by atoms with Crippen LogP contribution in [0.4, 0.5) is 5.95 Å². The van der Waals surface area contributed by atoms with Gasteiger partial charge >= 0.3 is 0 Å². The predicted molar refractivity (Wildman–Crippen MR) is 104 cm³/mol. The fourth-order valence-electron chi connectivity index (χ4n) is 3.59. The summed E-state index contributed by atoms with van der Waals surface area (Å²) in [4.78, 5) is 22.9. The largest absolute Gasteiger partial charge is 0.369 e. The first kappa shape index (κ1) is 16.5. The van der Waals surface area contributed by atoms with Crippen LogP contribution < -0.4 is 10.6 Å². The lowest BCUT2D eigenvalue weighted by Crippen LogP contribution is -2.28. The van der Waals surface area contributed by atoms with Crippen molar-refractivity contribution >= 4 is 22.6 Å². The maximum Gasteiger partial charge on any atom is 0.225 e. The fourth-order valence-corrected chi connectivity index (χ4v) is 3.59. The fraction of sp³-hybridized carbons (Fsp3) is 0.286. The molecule has 5 heteroatoms. The van der Waals surface area contributed by atoms with Gasteiger partial charge in [-0.25, -0.2) is 9.97 Å². The van der Waals surface area contributed by atoms with E-state index in [0.717, 1.165) is 49.6 Å². The van der Waals surface area contributed by atoms with Gasteiger partial charge in [0.25, 0.3) is 0 Å². The Morgan fingerprint density at radius 3 is 2.73 bits per heavy atom. The van der Waals surface area contributed by atoms with E-state index < -0.39 is 0 Å². The minimum Gasteiger partial charge on any atom is -0.369 e. The first-order valence-electron chi connectivity index (χ1n) is 9.07. The summed E-state index contributed by atoms with van der Waals surface area (Å²) >= 11 is 0. The average molecular weight is 346 g/mol. The van der Waals surface area contributed by atoms with Crippen LogP contribution in [0.3, 0.4) is 0 Å². The molecule has 1 unspecified atom stereocenters. The van der Waals surface area contributed by atoms with Gasteiger partial charge in [0.2, 0.25) is 11.9 Å². The van der Waals surface area contributed by atoms with E-state index in [4.69, 9.17) is 10.7 Å². The van der Waals surface area contributed by atoms with E-state index in [0.29, 0.717) is 0 Å². The number of carbonyl (C=O) groups excluding carboxylic acids is 1. The van der Waals surface area contributed by atoms with Crippen LogP contribution >= 0.6 is 0 Å². The van der Waals surface area contributed by atoms with Gasteiger partial charge in [0, 0.05) is 30.8 Å². The highest BCUT2D eigenvalue weighted by Crippen LogP contribution is 2.25. The molecule has 0 spiro atoms. The summed E-state index contributed by atoms with van der Waals surface area (Å²) in [5.74, 6) is 0.488. The zero-order chi connectivity index (χ0) is 17.9. The van der Waals surface area contributed by atoms with Crippen molar-refractivity contribution < 1.29 is 4.79 Å². The van der Waals surface area contributed by atoms with Crippen LogP contribution in [0, 0.1) is 5.92 Å². The minimum atomic E-state index is -0.197. The van der Waals surface area contributed by atoms with Crippen LogP contribution in [0.1, 0.15) is 19.3 Å². The Hall–Kier alpha value is -2.95. The second-order valence-corrected chi connectivity index (χ2v) is 6.82. The van der Waals surface area contributed by atoms with Crippen LogP contribution in [-0.4, -0.2) is 29.0 Å². The molecule has 1 saturated heterocycles. The van der Waals surface area contributed by atoms with Gasteiger partial charge in [0.1, 0.15) is 0 Å². The van der Waals surface area contributed by atoms with Crippen LogP contribution in [0.15, 0.2) is 54.7 Å². The topological polar surface area (TPSA) is 72.1 Å². The number of rotatable bonds is 3. The number of primary amides is 1. The predicted octanol–water partition coefficient (Wildman–Crippen LogP) is 3.39. The van der Waals surface area contributed by atoms with Crippen molar-refractivity contribution in [1.29, 1.82) is 0 Å². The van der Waals surface area contributed by atoms with Gasteiger partial charge in [-0.1, -0.05) is 36.4 Å². The molecule has 0 aliphatic carbocycles. The zero-order valence-corrected chi connectivity index (χ0v) is 14.6. The molecule has 1 aliphatic rings. The summed E-state index contributed by atoms with van der Waals surface area (Å²) < 4.78 is 0. The number of hydrogen-bond acceptors (Lipinski definition) is 4. The molecule has 1 aromatic heterocycles. The Bertz CT molecular complexity index is 940. The second-order valence-electron chi connectivity index (χ2n) is 6.82. The molecule has 3 aromatic rings. The molecule has 2 N–H and O–H groups in total. The molecule has 0 saturated carbocycles. The lowest BCUT2D eigenvalue weighted by molar-refractivity contribution is -0.122. The van der Waals surface area contributed by atoms with E-state index in [2.05, 4.69) is 40.2 Å². The molecule has 1 fully saturated rings. The quantitative estimate of drug-likeness (QED) is 0.789. The van der Waals surface area contributed by atoms with Crippen LogP contribution in [0.5, 0.6) is 0 Å². The molecule has 1 aliphatic heterocycles. The Morgan fingerprint density at radius 1 is 1.04 bits per heavy atom. The molecule has 4 rings (SSSR count). The molecule has 26 heavy (non-hydrogen) atoms. The summed E-state index contributed by atoms with van der Waals surface area (Å²) in [5, 5.41) is 2.42. The second kappa shape index (κ2) is 7.12. The number of nitrogens with two attached hydrogens (primary N) is 1. The van der Waals surface area contributed by atoms with Crippen LogP contribution in [0.2, 0.25) is 0 Å². The summed E-state index contributed by atoms with van der Waals surface area (Å²) in [6.07, 6.45) is 4.34. The molecule has 0 bridgehead atoms. The monoisotopic (exact) mass is 346 g/mol. The lowest BCUT2D eigenvalue weighted by atomic mass is 10.0. The van der Waals surface area contributed by atoms with Crippen molar-refractivity contribution in [3.8, 4) is 11.3 Å². The summed E-state index contributed by atoms with van der Waals surface area (Å²) in [5.41, 5.74) is 7.47. The minimum absolute atomic E-state index is 0.0383. The van der Waals surface area contributed by atoms with E-state index in [-0.39, 0.29) is 11.8 Å². The number of benzene rings is 2. The molecular formula is C21H22N4O. The van der Waals surface area contributed by atoms with E-state index in [1.54, 1.807) is 0 Å². The SMILES string of the molecule is NC(=O)C1CCCN(c2nccc(-c3ccc4ccccc4c3)n2)CC1. The van der Waals surface area contributed by atoms with Gasteiger partial charge in [-0.15, -0.1) is 0 Å². The standard InChI is InChI=1S/C21H22N4O/c22-20(26)16-6-3-12-25(13-10-16)21-23-11-9-19(24-21)18-8-7-15-4-1-2-5-17(15)14-18/h1-2,4-5,7-9,11,14,16H,3,6,10,12-13H2,(H2,22,26). The number of aromatic nitrogens is 2. The highest BCUT2D eigenvalue weighted by atomic mass is 16.1. The third-order valence-corrected chi connectivity index (χ3v) is 5.10. The molecule has 2 heterocycles. The first-order chi connectivity index (χ1) is 12.7. The first-order valence-corrected chi connectivity index (χ1v) is 9.07. The number of hydrogen-bond donors (Lipinski definition) is 1. The molecule has 132 valence electrons. The number of fused-ring (bicyclic) bond motifs is 1. The van der Waals surface area contributed by atoms with Crippen molar-refractivity contribution in [2.75, 3.05) is 18.0 Å². The number of carbonyl (C=O) groups is 1. The Kier molecular flexibility index (Phi) is 4.52. The van der Waals surface area contributed by atoms with E-state index in [1.165, 1.54) is 10.8 Å². The van der Waals surface area contributed by atoms with Gasteiger partial charge in [0.05, 0.1) is 5.69 Å². The maximum absolute atomic E-state index is 11.5. The van der Waals surface area contributed by atoms with E-state index >= 15 is 0 Å². The molecule has 1 atom stereocenters. The van der Waals surface area contributed by atoms with Gasteiger partial charge in [-0.05, 0) is 42.2 Å². The third-order valence-electron chi connectivity index (χ3n) is 5.10. The van der Waals surface area contributed by atoms with Crippen LogP contribution in [-0.2, 0) is 4.79 Å². The number of amides is 1. The molecule has 0 radical (unpaired) electrons. The molecule has 2 aromatic carbocycles. The third kappa shape index (κ3) is 3.38. The van der Waals surface area contributed by atoms with Crippen LogP contribution in [0.25, 0.3) is 22.0 Å². The Morgan fingerprint density at radius 2 is 1.88 bits per heavy atom. The van der Waals surface area contributed by atoms with Gasteiger partial charge in [0.15, 0.2) is 0 Å². The van der Waals surface area contributed by atoms with Crippen molar-refractivity contribution in [3.63, 3.8) is 0 Å².